The molecule has 1 aromatic heterocycles. The lowest BCUT2D eigenvalue weighted by Crippen LogP contribution is -2.36. The normalized spacial score (nSPS) is 13.0. The summed E-state index contributed by atoms with van der Waals surface area (Å²) in [7, 11) is 0. The molecule has 100 valence electrons. The van der Waals surface area contributed by atoms with Crippen LogP contribution in [0.4, 0.5) is 0 Å². The first kappa shape index (κ1) is 13.3. The topological polar surface area (TPSA) is 70.7 Å². The van der Waals surface area contributed by atoms with Crippen molar-refractivity contribution < 1.29 is 4.79 Å². The minimum Gasteiger partial charge on any atom is -0.343 e. The van der Waals surface area contributed by atoms with Crippen LogP contribution in [-0.4, -0.2) is 21.3 Å². The summed E-state index contributed by atoms with van der Waals surface area (Å²) in [5, 5.41) is 12.9. The fourth-order valence-corrected chi connectivity index (χ4v) is 1.96. The van der Waals surface area contributed by atoms with Gasteiger partial charge in [-0.2, -0.15) is 15.4 Å². The maximum absolute atomic E-state index is 12.1. The number of aromatic nitrogens is 3. The molecule has 1 atom stereocenters. The van der Waals surface area contributed by atoms with Crippen molar-refractivity contribution in [3.05, 3.63) is 47.8 Å². The summed E-state index contributed by atoms with van der Waals surface area (Å²) < 4.78 is 0. The zero-order valence-corrected chi connectivity index (χ0v) is 11.3. The second-order valence-electron chi connectivity index (χ2n) is 5.54. The van der Waals surface area contributed by atoms with Gasteiger partial charge >= 0.3 is 0 Å². The highest BCUT2D eigenvalue weighted by Crippen LogP contribution is 2.32. The number of nitrogens with zero attached hydrogens (tertiary/aromatic N) is 2. The van der Waals surface area contributed by atoms with Crippen molar-refractivity contribution >= 4 is 5.91 Å². The van der Waals surface area contributed by atoms with Crippen molar-refractivity contribution in [1.82, 2.24) is 20.7 Å². The van der Waals surface area contributed by atoms with E-state index in [1.165, 1.54) is 6.20 Å². The molecule has 0 aliphatic rings. The van der Waals surface area contributed by atoms with Gasteiger partial charge < -0.3 is 5.32 Å². The van der Waals surface area contributed by atoms with Crippen molar-refractivity contribution in [3.63, 3.8) is 0 Å². The third-order valence-electron chi connectivity index (χ3n) is 2.92. The van der Waals surface area contributed by atoms with Gasteiger partial charge in [0.05, 0.1) is 12.2 Å². The summed E-state index contributed by atoms with van der Waals surface area (Å²) in [4.78, 5) is 12.1. The fraction of sp³-hybridized carbons (Fsp3) is 0.357. The molecule has 5 heteroatoms. The Labute approximate surface area is 112 Å². The van der Waals surface area contributed by atoms with E-state index in [1.807, 2.05) is 30.3 Å². The number of carbonyl (C=O) groups excluding carboxylic acids is 1. The first-order valence-corrected chi connectivity index (χ1v) is 6.20. The molecule has 1 amide bonds. The summed E-state index contributed by atoms with van der Waals surface area (Å²) in [6.07, 6.45) is 1.42. The fourth-order valence-electron chi connectivity index (χ4n) is 1.96. The number of aromatic amines is 1. The molecule has 0 saturated heterocycles. The summed E-state index contributed by atoms with van der Waals surface area (Å²) in [5.74, 6) is -0.225. The summed E-state index contributed by atoms with van der Waals surface area (Å²) in [6, 6.07) is 9.84. The molecule has 1 heterocycles. The highest BCUT2D eigenvalue weighted by atomic mass is 16.2. The lowest BCUT2D eigenvalue weighted by Gasteiger charge is -2.31. The molecular formula is C14H18N4O. The summed E-state index contributed by atoms with van der Waals surface area (Å²) in [6.45, 7) is 6.27. The Balaban J connectivity index is 2.23. The monoisotopic (exact) mass is 258 g/mol. The van der Waals surface area contributed by atoms with Crippen LogP contribution in [-0.2, 0) is 0 Å². The van der Waals surface area contributed by atoms with E-state index in [0.717, 1.165) is 5.56 Å². The van der Waals surface area contributed by atoms with Gasteiger partial charge in [-0.25, -0.2) is 0 Å². The number of rotatable bonds is 3. The largest absolute Gasteiger partial charge is 0.343 e. The summed E-state index contributed by atoms with van der Waals surface area (Å²) in [5.41, 5.74) is 1.28. The SMILES string of the molecule is CC(C)(C)C(NC(=O)c1cn[nH]n1)c1ccccc1. The third-order valence-corrected chi connectivity index (χ3v) is 2.92. The number of hydrogen-bond donors (Lipinski definition) is 2. The van der Waals surface area contributed by atoms with Crippen molar-refractivity contribution in [3.8, 4) is 0 Å². The number of amides is 1. The van der Waals surface area contributed by atoms with E-state index >= 15 is 0 Å². The molecule has 0 spiro atoms. The number of benzene rings is 1. The standard InChI is InChI=1S/C14H18N4O/c1-14(2,3)12(10-7-5-4-6-8-10)16-13(19)11-9-15-18-17-11/h4-9,12H,1-3H3,(H,16,19)(H,15,17,18). The molecular weight excluding hydrogens is 240 g/mol. The molecule has 2 rings (SSSR count). The predicted octanol–water partition coefficient (Wildman–Crippen LogP) is 2.32. The van der Waals surface area contributed by atoms with E-state index in [-0.39, 0.29) is 17.4 Å². The van der Waals surface area contributed by atoms with Crippen LogP contribution in [0.15, 0.2) is 36.5 Å². The van der Waals surface area contributed by atoms with Gasteiger partial charge in [-0.05, 0) is 11.0 Å². The van der Waals surface area contributed by atoms with Gasteiger partial charge in [0.15, 0.2) is 5.69 Å². The zero-order valence-electron chi connectivity index (χ0n) is 11.3. The van der Waals surface area contributed by atoms with E-state index in [0.29, 0.717) is 5.69 Å². The van der Waals surface area contributed by atoms with Gasteiger partial charge in [0, 0.05) is 0 Å². The van der Waals surface area contributed by atoms with Gasteiger partial charge in [-0.15, -0.1) is 0 Å². The average molecular weight is 258 g/mol. The number of H-pyrrole nitrogens is 1. The summed E-state index contributed by atoms with van der Waals surface area (Å²) >= 11 is 0. The lowest BCUT2D eigenvalue weighted by molar-refractivity contribution is 0.0896. The van der Waals surface area contributed by atoms with Crippen LogP contribution in [0.3, 0.4) is 0 Å². The molecule has 1 aromatic carbocycles. The van der Waals surface area contributed by atoms with Gasteiger partial charge in [-0.3, -0.25) is 4.79 Å². The molecule has 0 fully saturated rings. The van der Waals surface area contributed by atoms with Crippen LogP contribution in [0.1, 0.15) is 42.9 Å². The molecule has 0 bridgehead atoms. The maximum atomic E-state index is 12.1. The Morgan fingerprint density at radius 3 is 2.47 bits per heavy atom. The number of carbonyl (C=O) groups is 1. The van der Waals surface area contributed by atoms with E-state index in [2.05, 4.69) is 41.5 Å². The molecule has 2 N–H and O–H groups in total. The molecule has 0 aliphatic heterocycles. The van der Waals surface area contributed by atoms with Gasteiger partial charge in [0.1, 0.15) is 0 Å². The second-order valence-corrected chi connectivity index (χ2v) is 5.54. The Kier molecular flexibility index (Phi) is 3.64. The first-order valence-electron chi connectivity index (χ1n) is 6.20. The maximum Gasteiger partial charge on any atom is 0.273 e. The van der Waals surface area contributed by atoms with Crippen LogP contribution in [0.2, 0.25) is 0 Å². The molecule has 0 radical (unpaired) electrons. The van der Waals surface area contributed by atoms with E-state index < -0.39 is 0 Å². The number of hydrogen-bond acceptors (Lipinski definition) is 3. The molecule has 19 heavy (non-hydrogen) atoms. The Bertz CT molecular complexity index is 528. The van der Waals surface area contributed by atoms with Gasteiger partial charge in [0.25, 0.3) is 5.91 Å². The Hall–Kier alpha value is -2.17. The average Bonchev–Trinajstić information content (AvgIpc) is 2.89. The third kappa shape index (κ3) is 3.19. The number of nitrogens with one attached hydrogen (secondary N) is 2. The van der Waals surface area contributed by atoms with Crippen molar-refractivity contribution in [2.45, 2.75) is 26.8 Å². The van der Waals surface area contributed by atoms with E-state index in [9.17, 15) is 4.79 Å². The molecule has 0 saturated carbocycles. The minimum absolute atomic E-state index is 0.0853. The van der Waals surface area contributed by atoms with Crippen molar-refractivity contribution in [2.75, 3.05) is 0 Å². The first-order chi connectivity index (χ1) is 8.98. The van der Waals surface area contributed by atoms with Gasteiger partial charge in [0.2, 0.25) is 0 Å². The molecule has 5 nitrogen and oxygen atoms in total. The van der Waals surface area contributed by atoms with Crippen LogP contribution in [0, 0.1) is 5.41 Å². The molecule has 0 aliphatic carbocycles. The second kappa shape index (κ2) is 5.22. The van der Waals surface area contributed by atoms with Crippen LogP contribution < -0.4 is 5.32 Å². The smallest absolute Gasteiger partial charge is 0.273 e. The van der Waals surface area contributed by atoms with Crippen LogP contribution in [0.5, 0.6) is 0 Å². The highest BCUT2D eigenvalue weighted by molar-refractivity contribution is 5.92. The zero-order chi connectivity index (χ0) is 13.9. The van der Waals surface area contributed by atoms with E-state index in [1.54, 1.807) is 0 Å². The highest BCUT2D eigenvalue weighted by Gasteiger charge is 2.28. The van der Waals surface area contributed by atoms with Gasteiger partial charge in [-0.1, -0.05) is 51.1 Å². The Morgan fingerprint density at radius 1 is 1.26 bits per heavy atom. The van der Waals surface area contributed by atoms with E-state index in [4.69, 9.17) is 0 Å². The quantitative estimate of drug-likeness (QED) is 0.887. The molecule has 1 unspecified atom stereocenters. The molecule has 2 aromatic rings. The Morgan fingerprint density at radius 2 is 1.95 bits per heavy atom. The lowest BCUT2D eigenvalue weighted by atomic mass is 9.82. The predicted molar refractivity (Wildman–Crippen MR) is 72.5 cm³/mol. The van der Waals surface area contributed by atoms with Crippen LogP contribution in [0.25, 0.3) is 0 Å². The minimum atomic E-state index is -0.225. The van der Waals surface area contributed by atoms with Crippen molar-refractivity contribution in [1.29, 1.82) is 0 Å². The van der Waals surface area contributed by atoms with Crippen molar-refractivity contribution in [2.24, 2.45) is 5.41 Å². The van der Waals surface area contributed by atoms with Crippen LogP contribution >= 0.6 is 0 Å².